The van der Waals surface area contributed by atoms with Gasteiger partial charge in [0.05, 0.1) is 5.57 Å². The summed E-state index contributed by atoms with van der Waals surface area (Å²) in [7, 11) is 0. The van der Waals surface area contributed by atoms with Gasteiger partial charge in [0.15, 0.2) is 5.84 Å². The summed E-state index contributed by atoms with van der Waals surface area (Å²) in [5, 5.41) is 18.1. The number of benzene rings is 2. The number of hydrogen-bond donors (Lipinski definition) is 1. The van der Waals surface area contributed by atoms with E-state index in [1.165, 1.54) is 27.5 Å². The lowest BCUT2D eigenvalue weighted by Gasteiger charge is -2.20. The molecule has 7 heteroatoms. The van der Waals surface area contributed by atoms with Crippen LogP contribution < -0.4 is 0 Å². The molecule has 2 aliphatic rings. The lowest BCUT2D eigenvalue weighted by atomic mass is 10.1. The number of nitrogens with zero attached hydrogens (tertiary/aromatic N) is 4. The van der Waals surface area contributed by atoms with Gasteiger partial charge in [0.25, 0.3) is 5.91 Å². The lowest BCUT2D eigenvalue weighted by Crippen LogP contribution is -2.35. The largest absolute Gasteiger partial charge is 0.318 e. The van der Waals surface area contributed by atoms with Crippen molar-refractivity contribution in [3.8, 4) is 5.69 Å². The zero-order chi connectivity index (χ0) is 21.7. The van der Waals surface area contributed by atoms with Gasteiger partial charge in [-0.25, -0.2) is 0 Å². The van der Waals surface area contributed by atoms with Gasteiger partial charge in [-0.1, -0.05) is 37.3 Å². The molecule has 0 saturated heterocycles. The van der Waals surface area contributed by atoms with Crippen LogP contribution in [0.3, 0.4) is 0 Å². The fourth-order valence-electron chi connectivity index (χ4n) is 3.98. The summed E-state index contributed by atoms with van der Waals surface area (Å²) in [6.07, 6.45) is 2.50. The Balaban J connectivity index is 1.56. The molecule has 1 aromatic heterocycles. The quantitative estimate of drug-likeness (QED) is 0.578. The third-order valence-corrected chi connectivity index (χ3v) is 6.61. The third-order valence-electron chi connectivity index (χ3n) is 5.56. The van der Waals surface area contributed by atoms with E-state index in [9.17, 15) is 4.79 Å². The van der Waals surface area contributed by atoms with E-state index >= 15 is 0 Å². The number of aliphatic imine (C=N–C) groups is 1. The van der Waals surface area contributed by atoms with Crippen LogP contribution >= 0.6 is 11.8 Å². The predicted molar refractivity (Wildman–Crippen MR) is 128 cm³/mol. The highest BCUT2D eigenvalue weighted by Gasteiger charge is 2.35. The molecule has 0 atom stereocenters. The maximum absolute atomic E-state index is 12.7. The number of rotatable bonds is 3. The highest BCUT2D eigenvalue weighted by molar-refractivity contribution is 8.26. The highest BCUT2D eigenvalue weighted by Crippen LogP contribution is 2.31. The second kappa shape index (κ2) is 7.35. The molecule has 6 nitrogen and oxygen atoms in total. The Morgan fingerprint density at radius 2 is 1.87 bits per heavy atom. The number of nitrogens with one attached hydrogen (secondary N) is 1. The van der Waals surface area contributed by atoms with Crippen LogP contribution in [-0.4, -0.2) is 31.5 Å². The maximum Gasteiger partial charge on any atom is 0.283 e. The Labute approximate surface area is 184 Å². The van der Waals surface area contributed by atoms with Crippen molar-refractivity contribution in [2.45, 2.75) is 27.2 Å². The summed E-state index contributed by atoms with van der Waals surface area (Å²) in [5.74, 6) is -0.326. The zero-order valence-electron chi connectivity index (χ0n) is 17.5. The molecular formula is C24H21N5OS. The number of aromatic nitrogens is 1. The summed E-state index contributed by atoms with van der Waals surface area (Å²) in [5.41, 5.74) is 4.27. The zero-order valence-corrected chi connectivity index (χ0v) is 18.3. The van der Waals surface area contributed by atoms with Gasteiger partial charge in [-0.2, -0.15) is 15.1 Å². The topological polar surface area (TPSA) is 73.8 Å². The van der Waals surface area contributed by atoms with Gasteiger partial charge in [-0.05, 0) is 72.6 Å². The van der Waals surface area contributed by atoms with E-state index in [-0.39, 0.29) is 11.4 Å². The first-order valence-electron chi connectivity index (χ1n) is 10.1. The standard InChI is InChI=1S/C24H21N5OS/c1-4-21-27-29-22(25)20(23(30)26-24(29)31-21)13-18-11-14(2)28(15(18)3)19-10-9-16-7-5-6-8-17(16)12-19/h5-13,25H,4H2,1-3H3. The van der Waals surface area contributed by atoms with E-state index in [1.807, 2.05) is 39.0 Å². The summed E-state index contributed by atoms with van der Waals surface area (Å²) in [6.45, 7) is 6.07. The Morgan fingerprint density at radius 3 is 2.65 bits per heavy atom. The highest BCUT2D eigenvalue weighted by atomic mass is 32.2. The van der Waals surface area contributed by atoms with Gasteiger partial charge in [-0.3, -0.25) is 10.2 Å². The fourth-order valence-corrected chi connectivity index (χ4v) is 4.80. The Kier molecular flexibility index (Phi) is 4.63. The number of amides is 1. The fraction of sp³-hybridized carbons (Fsp3) is 0.167. The summed E-state index contributed by atoms with van der Waals surface area (Å²) in [6, 6.07) is 16.7. The molecule has 3 aromatic rings. The molecule has 1 amide bonds. The SMILES string of the molecule is CCC1=NN2C(=N)C(=Cc3cc(C)n(-c4ccc5ccccc5c4)c3C)C(=O)N=C2S1. The minimum absolute atomic E-state index is 0.0708. The van der Waals surface area contributed by atoms with E-state index in [4.69, 9.17) is 5.41 Å². The number of thioether (sulfide) groups is 1. The molecule has 0 unspecified atom stereocenters. The monoisotopic (exact) mass is 427 g/mol. The summed E-state index contributed by atoms with van der Waals surface area (Å²) < 4.78 is 2.17. The molecule has 2 aromatic carbocycles. The van der Waals surface area contributed by atoms with E-state index in [2.05, 4.69) is 45.0 Å². The van der Waals surface area contributed by atoms with Crippen LogP contribution in [0, 0.1) is 19.3 Å². The van der Waals surface area contributed by atoms with Gasteiger partial charge < -0.3 is 4.57 Å². The van der Waals surface area contributed by atoms with Crippen molar-refractivity contribution in [3.63, 3.8) is 0 Å². The van der Waals surface area contributed by atoms with E-state index < -0.39 is 5.91 Å². The molecule has 0 bridgehead atoms. The molecule has 1 N–H and O–H groups in total. The first-order valence-corrected chi connectivity index (χ1v) is 10.9. The second-order valence-corrected chi connectivity index (χ2v) is 8.60. The van der Waals surface area contributed by atoms with Gasteiger partial charge in [0.2, 0.25) is 5.17 Å². The number of hydrogen-bond acceptors (Lipinski definition) is 4. The number of fused-ring (bicyclic) bond motifs is 2. The van der Waals surface area contributed by atoms with Crippen molar-refractivity contribution >= 4 is 50.6 Å². The van der Waals surface area contributed by atoms with Gasteiger partial charge in [0, 0.05) is 17.1 Å². The first-order chi connectivity index (χ1) is 15.0. The van der Waals surface area contributed by atoms with Crippen molar-refractivity contribution in [1.82, 2.24) is 9.58 Å². The van der Waals surface area contributed by atoms with Crippen LogP contribution in [0.15, 0.2) is 64.2 Å². The first kappa shape index (κ1) is 19.5. The van der Waals surface area contributed by atoms with Crippen LogP contribution in [0.25, 0.3) is 22.5 Å². The summed E-state index contributed by atoms with van der Waals surface area (Å²) in [4.78, 5) is 16.8. The van der Waals surface area contributed by atoms with Crippen molar-refractivity contribution in [1.29, 1.82) is 5.41 Å². The minimum Gasteiger partial charge on any atom is -0.318 e. The van der Waals surface area contributed by atoms with Crippen LogP contribution in [0.1, 0.15) is 30.3 Å². The number of carbonyl (C=O) groups excluding carboxylic acids is 1. The number of amidine groups is 2. The maximum atomic E-state index is 12.7. The molecule has 5 rings (SSSR count). The van der Waals surface area contributed by atoms with Crippen LogP contribution in [0.5, 0.6) is 0 Å². The molecule has 0 aliphatic carbocycles. The van der Waals surface area contributed by atoms with E-state index in [0.29, 0.717) is 5.17 Å². The molecule has 0 saturated carbocycles. The average molecular weight is 428 g/mol. The van der Waals surface area contributed by atoms with Crippen molar-refractivity contribution < 1.29 is 4.79 Å². The Morgan fingerprint density at radius 1 is 1.10 bits per heavy atom. The summed E-state index contributed by atoms with van der Waals surface area (Å²) >= 11 is 1.35. The van der Waals surface area contributed by atoms with Gasteiger partial charge >= 0.3 is 0 Å². The molecule has 31 heavy (non-hydrogen) atoms. The molecular weight excluding hydrogens is 406 g/mol. The normalized spacial score (nSPS) is 17.4. The number of aryl methyl sites for hydroxylation is 1. The minimum atomic E-state index is -0.396. The van der Waals surface area contributed by atoms with Crippen molar-refractivity contribution in [2.75, 3.05) is 0 Å². The smallest absolute Gasteiger partial charge is 0.283 e. The number of hydrazone groups is 1. The van der Waals surface area contributed by atoms with Gasteiger partial charge in [0.1, 0.15) is 5.04 Å². The average Bonchev–Trinajstić information content (AvgIpc) is 3.30. The lowest BCUT2D eigenvalue weighted by molar-refractivity contribution is -0.114. The predicted octanol–water partition coefficient (Wildman–Crippen LogP) is 5.28. The Bertz CT molecular complexity index is 1360. The molecule has 0 radical (unpaired) electrons. The molecule has 3 heterocycles. The van der Waals surface area contributed by atoms with Crippen molar-refractivity contribution in [3.05, 3.63) is 71.1 Å². The van der Waals surface area contributed by atoms with Gasteiger partial charge in [-0.15, -0.1) is 0 Å². The van der Waals surface area contributed by atoms with Crippen molar-refractivity contribution in [2.24, 2.45) is 10.1 Å². The molecule has 0 spiro atoms. The molecule has 0 fully saturated rings. The second-order valence-electron chi connectivity index (χ2n) is 7.56. The van der Waals surface area contributed by atoms with E-state index in [1.54, 1.807) is 6.08 Å². The molecule has 154 valence electrons. The molecule has 2 aliphatic heterocycles. The van der Waals surface area contributed by atoms with Crippen LogP contribution in [0.2, 0.25) is 0 Å². The third kappa shape index (κ3) is 3.21. The van der Waals surface area contributed by atoms with Crippen LogP contribution in [-0.2, 0) is 4.79 Å². The Hall–Kier alpha value is -3.45. The number of carbonyl (C=O) groups is 1. The van der Waals surface area contributed by atoms with E-state index in [0.717, 1.165) is 34.1 Å². The van der Waals surface area contributed by atoms with Crippen LogP contribution in [0.4, 0.5) is 0 Å².